The highest BCUT2D eigenvalue weighted by Gasteiger charge is 2.42. The van der Waals surface area contributed by atoms with Gasteiger partial charge in [-0.15, -0.1) is 0 Å². The van der Waals surface area contributed by atoms with Gasteiger partial charge in [-0.3, -0.25) is 4.79 Å². The van der Waals surface area contributed by atoms with Gasteiger partial charge in [0.15, 0.2) is 0 Å². The summed E-state index contributed by atoms with van der Waals surface area (Å²) in [5.74, 6) is -1.25. The molecule has 19 heavy (non-hydrogen) atoms. The molecular formula is C14H16BrFO3. The lowest BCUT2D eigenvalue weighted by atomic mass is 9.69. The number of aliphatic hydroxyl groups is 1. The summed E-state index contributed by atoms with van der Waals surface area (Å²) >= 11 is 3.17. The smallest absolute Gasteiger partial charge is 0.309 e. The number of carbonyl (C=O) groups is 1. The van der Waals surface area contributed by atoms with E-state index in [-0.39, 0.29) is 12.2 Å². The zero-order chi connectivity index (χ0) is 14.0. The van der Waals surface area contributed by atoms with Crippen molar-refractivity contribution in [1.82, 2.24) is 0 Å². The number of hydrogen-bond donors (Lipinski definition) is 2. The Balaban J connectivity index is 2.27. The highest BCUT2D eigenvalue weighted by molar-refractivity contribution is 9.10. The minimum atomic E-state index is -0.893. The van der Waals surface area contributed by atoms with Crippen molar-refractivity contribution in [2.75, 3.05) is 0 Å². The number of aliphatic hydroxyl groups excluding tert-OH is 1. The van der Waals surface area contributed by atoms with Crippen molar-refractivity contribution in [2.24, 2.45) is 5.41 Å². The maximum absolute atomic E-state index is 13.5. The molecule has 0 radical (unpaired) electrons. The summed E-state index contributed by atoms with van der Waals surface area (Å²) in [6.45, 7) is 0. The number of hydrogen-bond acceptors (Lipinski definition) is 2. The van der Waals surface area contributed by atoms with Crippen LogP contribution < -0.4 is 0 Å². The minimum absolute atomic E-state index is 0.285. The summed E-state index contributed by atoms with van der Waals surface area (Å²) in [4.78, 5) is 11.6. The second kappa shape index (κ2) is 5.59. The second-order valence-corrected chi connectivity index (χ2v) is 6.00. The molecule has 1 aromatic carbocycles. The minimum Gasteiger partial charge on any atom is -0.481 e. The van der Waals surface area contributed by atoms with Gasteiger partial charge in [-0.1, -0.05) is 12.1 Å². The Morgan fingerprint density at radius 1 is 1.42 bits per heavy atom. The summed E-state index contributed by atoms with van der Waals surface area (Å²) in [6, 6.07) is 4.66. The lowest BCUT2D eigenvalue weighted by molar-refractivity contribution is -0.152. The van der Waals surface area contributed by atoms with E-state index in [2.05, 4.69) is 15.9 Å². The first-order valence-electron chi connectivity index (χ1n) is 6.29. The number of aliphatic carboxylic acids is 1. The summed E-state index contributed by atoms with van der Waals surface area (Å²) in [7, 11) is 0. The average Bonchev–Trinajstić information content (AvgIpc) is 2.37. The molecule has 0 bridgehead atoms. The molecule has 2 rings (SSSR count). The Morgan fingerprint density at radius 2 is 2.05 bits per heavy atom. The van der Waals surface area contributed by atoms with Gasteiger partial charge in [-0.05, 0) is 59.7 Å². The summed E-state index contributed by atoms with van der Waals surface area (Å²) in [5, 5.41) is 19.0. The molecule has 0 unspecified atom stereocenters. The molecule has 0 atom stereocenters. The SMILES string of the molecule is O=C(O)C1(Cc2cccc(F)c2Br)CCC(O)CC1. The van der Waals surface area contributed by atoms with Crippen LogP contribution in [0.15, 0.2) is 22.7 Å². The molecule has 0 spiro atoms. The van der Waals surface area contributed by atoms with Crippen molar-refractivity contribution in [3.63, 3.8) is 0 Å². The van der Waals surface area contributed by atoms with Crippen LogP contribution in [0.3, 0.4) is 0 Å². The molecule has 0 saturated heterocycles. The predicted octanol–water partition coefficient (Wildman–Crippen LogP) is 3.14. The average molecular weight is 331 g/mol. The van der Waals surface area contributed by atoms with Gasteiger partial charge < -0.3 is 10.2 Å². The summed E-state index contributed by atoms with van der Waals surface area (Å²) in [6.07, 6.45) is 1.69. The van der Waals surface area contributed by atoms with E-state index < -0.39 is 17.5 Å². The van der Waals surface area contributed by atoms with Crippen LogP contribution >= 0.6 is 15.9 Å². The fourth-order valence-corrected chi connectivity index (χ4v) is 3.08. The quantitative estimate of drug-likeness (QED) is 0.895. The molecule has 0 aromatic heterocycles. The van der Waals surface area contributed by atoms with Crippen LogP contribution in [0.2, 0.25) is 0 Å². The Morgan fingerprint density at radius 3 is 2.63 bits per heavy atom. The Labute approximate surface area is 119 Å². The molecule has 1 aliphatic rings. The largest absolute Gasteiger partial charge is 0.481 e. The van der Waals surface area contributed by atoms with Crippen molar-refractivity contribution in [1.29, 1.82) is 0 Å². The highest BCUT2D eigenvalue weighted by atomic mass is 79.9. The van der Waals surface area contributed by atoms with Gasteiger partial charge in [0.1, 0.15) is 5.82 Å². The van der Waals surface area contributed by atoms with E-state index in [0.29, 0.717) is 35.7 Å². The third kappa shape index (κ3) is 2.98. The molecule has 1 saturated carbocycles. The summed E-state index contributed by atoms with van der Waals surface area (Å²) in [5.41, 5.74) is -0.228. The fraction of sp³-hybridized carbons (Fsp3) is 0.500. The van der Waals surface area contributed by atoms with Crippen molar-refractivity contribution >= 4 is 21.9 Å². The van der Waals surface area contributed by atoms with Crippen LogP contribution in [-0.4, -0.2) is 22.3 Å². The summed E-state index contributed by atoms with van der Waals surface area (Å²) < 4.78 is 13.8. The molecule has 3 nitrogen and oxygen atoms in total. The number of halogens is 2. The van der Waals surface area contributed by atoms with E-state index in [4.69, 9.17) is 0 Å². The number of benzene rings is 1. The number of rotatable bonds is 3. The van der Waals surface area contributed by atoms with E-state index in [9.17, 15) is 19.4 Å². The van der Waals surface area contributed by atoms with Crippen molar-refractivity contribution in [3.8, 4) is 0 Å². The Hall–Kier alpha value is -0.940. The normalized spacial score (nSPS) is 27.2. The highest BCUT2D eigenvalue weighted by Crippen LogP contribution is 2.41. The van der Waals surface area contributed by atoms with Crippen molar-refractivity contribution < 1.29 is 19.4 Å². The monoisotopic (exact) mass is 330 g/mol. The predicted molar refractivity (Wildman–Crippen MR) is 72.3 cm³/mol. The molecule has 0 heterocycles. The first-order valence-corrected chi connectivity index (χ1v) is 7.08. The first-order chi connectivity index (χ1) is 8.94. The molecule has 0 aliphatic heterocycles. The van der Waals surface area contributed by atoms with Crippen LogP contribution in [0.1, 0.15) is 31.2 Å². The second-order valence-electron chi connectivity index (χ2n) is 5.21. The van der Waals surface area contributed by atoms with Gasteiger partial charge in [0.05, 0.1) is 16.0 Å². The first kappa shape index (κ1) is 14.5. The van der Waals surface area contributed by atoms with Crippen molar-refractivity contribution in [2.45, 2.75) is 38.2 Å². The lowest BCUT2D eigenvalue weighted by Gasteiger charge is -2.35. The number of carboxylic acid groups (broad SMARTS) is 1. The number of carboxylic acids is 1. The molecule has 2 N–H and O–H groups in total. The fourth-order valence-electron chi connectivity index (χ4n) is 2.67. The van der Waals surface area contributed by atoms with E-state index in [1.807, 2.05) is 0 Å². The van der Waals surface area contributed by atoms with E-state index in [1.165, 1.54) is 6.07 Å². The van der Waals surface area contributed by atoms with Crippen molar-refractivity contribution in [3.05, 3.63) is 34.1 Å². The van der Waals surface area contributed by atoms with Crippen LogP contribution in [0.4, 0.5) is 4.39 Å². The van der Waals surface area contributed by atoms with Gasteiger partial charge in [0.25, 0.3) is 0 Å². The molecule has 1 fully saturated rings. The van der Waals surface area contributed by atoms with Crippen LogP contribution in [0.25, 0.3) is 0 Å². The Kier molecular flexibility index (Phi) is 4.26. The Bertz CT molecular complexity index is 482. The van der Waals surface area contributed by atoms with Gasteiger partial charge >= 0.3 is 5.97 Å². The molecule has 104 valence electrons. The zero-order valence-electron chi connectivity index (χ0n) is 10.4. The zero-order valence-corrected chi connectivity index (χ0v) is 12.0. The van der Waals surface area contributed by atoms with Gasteiger partial charge in [0, 0.05) is 0 Å². The standard InChI is InChI=1S/C14H16BrFO3/c15-12-9(2-1-3-11(12)16)8-14(13(18)19)6-4-10(17)5-7-14/h1-3,10,17H,4-8H2,(H,18,19). The molecule has 5 heteroatoms. The topological polar surface area (TPSA) is 57.5 Å². The molecule has 1 aromatic rings. The van der Waals surface area contributed by atoms with Gasteiger partial charge in [-0.2, -0.15) is 0 Å². The van der Waals surface area contributed by atoms with E-state index in [0.717, 1.165) is 0 Å². The lowest BCUT2D eigenvalue weighted by Crippen LogP contribution is -2.38. The van der Waals surface area contributed by atoms with E-state index in [1.54, 1.807) is 12.1 Å². The van der Waals surface area contributed by atoms with Crippen LogP contribution in [0, 0.1) is 11.2 Å². The van der Waals surface area contributed by atoms with Crippen LogP contribution in [-0.2, 0) is 11.2 Å². The third-order valence-corrected chi connectivity index (χ3v) is 4.81. The molecule has 0 amide bonds. The maximum Gasteiger partial charge on any atom is 0.309 e. The molecule has 1 aliphatic carbocycles. The molecular weight excluding hydrogens is 315 g/mol. The third-order valence-electron chi connectivity index (χ3n) is 3.93. The maximum atomic E-state index is 13.5. The van der Waals surface area contributed by atoms with Gasteiger partial charge in [0.2, 0.25) is 0 Å². The van der Waals surface area contributed by atoms with Gasteiger partial charge in [-0.25, -0.2) is 4.39 Å². The van der Waals surface area contributed by atoms with E-state index >= 15 is 0 Å². The van der Waals surface area contributed by atoms with Crippen LogP contribution in [0.5, 0.6) is 0 Å².